The van der Waals surface area contributed by atoms with Crippen molar-refractivity contribution < 1.29 is 4.74 Å². The molecule has 2 saturated heterocycles. The molecule has 2 atom stereocenters. The molecular formula is C17H24N4O. The Bertz CT molecular complexity index is 647. The van der Waals surface area contributed by atoms with Gasteiger partial charge in [0.2, 0.25) is 0 Å². The molecule has 0 bridgehead atoms. The molecule has 2 aromatic rings. The summed E-state index contributed by atoms with van der Waals surface area (Å²) in [5, 5.41) is 0. The first-order valence-corrected chi connectivity index (χ1v) is 8.39. The topological polar surface area (TPSA) is 43.2 Å². The molecule has 2 fully saturated rings. The molecule has 4 heterocycles. The Morgan fingerprint density at radius 3 is 3.09 bits per heavy atom. The Labute approximate surface area is 131 Å². The van der Waals surface area contributed by atoms with Crippen LogP contribution in [-0.4, -0.2) is 52.3 Å². The second-order valence-corrected chi connectivity index (χ2v) is 6.70. The summed E-state index contributed by atoms with van der Waals surface area (Å²) < 4.78 is 7.89. The summed E-state index contributed by atoms with van der Waals surface area (Å²) in [5.41, 5.74) is 2.06. The lowest BCUT2D eigenvalue weighted by Gasteiger charge is -2.21. The number of nitrogens with zero attached hydrogens (tertiary/aromatic N) is 4. The van der Waals surface area contributed by atoms with Gasteiger partial charge in [-0.2, -0.15) is 0 Å². The van der Waals surface area contributed by atoms with Crippen LogP contribution in [0.15, 0.2) is 18.3 Å². The van der Waals surface area contributed by atoms with Gasteiger partial charge in [0.25, 0.3) is 0 Å². The van der Waals surface area contributed by atoms with E-state index < -0.39 is 0 Å². The van der Waals surface area contributed by atoms with Gasteiger partial charge < -0.3 is 14.2 Å². The molecule has 0 spiro atoms. The monoisotopic (exact) mass is 300 g/mol. The number of aromatic nitrogens is 3. The van der Waals surface area contributed by atoms with Crippen molar-refractivity contribution >= 4 is 11.2 Å². The lowest BCUT2D eigenvalue weighted by atomic mass is 10.0. The Morgan fingerprint density at radius 2 is 2.32 bits per heavy atom. The van der Waals surface area contributed by atoms with E-state index in [1.807, 2.05) is 12.3 Å². The SMILES string of the molecule is CN1CCCC1Cn1c(CC2CCOC2)nc2cccnc21. The van der Waals surface area contributed by atoms with Gasteiger partial charge in [-0.3, -0.25) is 0 Å². The molecule has 5 nitrogen and oxygen atoms in total. The van der Waals surface area contributed by atoms with Crippen LogP contribution < -0.4 is 0 Å². The molecular weight excluding hydrogens is 276 g/mol. The molecule has 2 aromatic heterocycles. The lowest BCUT2D eigenvalue weighted by molar-refractivity contribution is 0.185. The number of fused-ring (bicyclic) bond motifs is 1. The highest BCUT2D eigenvalue weighted by atomic mass is 16.5. The molecule has 2 unspecified atom stereocenters. The van der Waals surface area contributed by atoms with Crippen LogP contribution in [0.3, 0.4) is 0 Å². The van der Waals surface area contributed by atoms with Crippen molar-refractivity contribution in [3.05, 3.63) is 24.2 Å². The first-order chi connectivity index (χ1) is 10.8. The van der Waals surface area contributed by atoms with Crippen LogP contribution in [0.25, 0.3) is 11.2 Å². The number of hydrogen-bond acceptors (Lipinski definition) is 4. The smallest absolute Gasteiger partial charge is 0.160 e. The van der Waals surface area contributed by atoms with Gasteiger partial charge in [-0.15, -0.1) is 0 Å². The van der Waals surface area contributed by atoms with E-state index in [0.29, 0.717) is 12.0 Å². The zero-order chi connectivity index (χ0) is 14.9. The number of hydrogen-bond donors (Lipinski definition) is 0. The molecule has 0 saturated carbocycles. The van der Waals surface area contributed by atoms with Gasteiger partial charge in [0.15, 0.2) is 5.65 Å². The fraction of sp³-hybridized carbons (Fsp3) is 0.647. The fourth-order valence-corrected chi connectivity index (χ4v) is 3.78. The van der Waals surface area contributed by atoms with Gasteiger partial charge in [-0.25, -0.2) is 9.97 Å². The Balaban J connectivity index is 1.66. The molecule has 2 aliphatic heterocycles. The van der Waals surface area contributed by atoms with E-state index in [0.717, 1.165) is 43.8 Å². The summed E-state index contributed by atoms with van der Waals surface area (Å²) in [5.74, 6) is 1.79. The van der Waals surface area contributed by atoms with Gasteiger partial charge in [-0.1, -0.05) is 0 Å². The Hall–Kier alpha value is -1.46. The van der Waals surface area contributed by atoms with Crippen LogP contribution in [0.1, 0.15) is 25.1 Å². The third-order valence-electron chi connectivity index (χ3n) is 5.14. The molecule has 0 N–H and O–H groups in total. The van der Waals surface area contributed by atoms with Crippen molar-refractivity contribution in [1.29, 1.82) is 0 Å². The van der Waals surface area contributed by atoms with Crippen LogP contribution in [0, 0.1) is 5.92 Å². The highest BCUT2D eigenvalue weighted by Crippen LogP contribution is 2.24. The first-order valence-electron chi connectivity index (χ1n) is 8.39. The number of likely N-dealkylation sites (tertiary alicyclic amines) is 1. The molecule has 0 aliphatic carbocycles. The van der Waals surface area contributed by atoms with E-state index >= 15 is 0 Å². The van der Waals surface area contributed by atoms with E-state index in [1.54, 1.807) is 0 Å². The number of likely N-dealkylation sites (N-methyl/N-ethyl adjacent to an activating group) is 1. The molecule has 4 rings (SSSR count). The zero-order valence-electron chi connectivity index (χ0n) is 13.2. The standard InChI is InChI=1S/C17H24N4O/c1-20-8-3-4-14(20)11-21-16(10-13-6-9-22-12-13)19-15-5-2-7-18-17(15)21/h2,5,7,13-14H,3-4,6,8-12H2,1H3. The van der Waals surface area contributed by atoms with Gasteiger partial charge in [0, 0.05) is 38.4 Å². The predicted molar refractivity (Wildman–Crippen MR) is 85.8 cm³/mol. The van der Waals surface area contributed by atoms with Crippen molar-refractivity contribution in [3.63, 3.8) is 0 Å². The summed E-state index contributed by atoms with van der Waals surface area (Å²) >= 11 is 0. The molecule has 118 valence electrons. The summed E-state index contributed by atoms with van der Waals surface area (Å²) in [4.78, 5) is 11.9. The number of pyridine rings is 1. The van der Waals surface area contributed by atoms with E-state index in [4.69, 9.17) is 9.72 Å². The highest BCUT2D eigenvalue weighted by Gasteiger charge is 2.25. The van der Waals surface area contributed by atoms with E-state index in [9.17, 15) is 0 Å². The maximum absolute atomic E-state index is 5.53. The fourth-order valence-electron chi connectivity index (χ4n) is 3.78. The summed E-state index contributed by atoms with van der Waals surface area (Å²) in [7, 11) is 2.23. The highest BCUT2D eigenvalue weighted by molar-refractivity contribution is 5.71. The maximum atomic E-state index is 5.53. The van der Waals surface area contributed by atoms with Crippen LogP contribution in [0.2, 0.25) is 0 Å². The summed E-state index contributed by atoms with van der Waals surface area (Å²) in [6, 6.07) is 4.66. The minimum atomic E-state index is 0.608. The summed E-state index contributed by atoms with van der Waals surface area (Å²) in [6.07, 6.45) is 6.61. The van der Waals surface area contributed by atoms with Gasteiger partial charge in [0.05, 0.1) is 0 Å². The molecule has 2 aliphatic rings. The zero-order valence-corrected chi connectivity index (χ0v) is 13.2. The minimum Gasteiger partial charge on any atom is -0.381 e. The third-order valence-corrected chi connectivity index (χ3v) is 5.14. The Kier molecular flexibility index (Phi) is 3.84. The van der Waals surface area contributed by atoms with Crippen molar-refractivity contribution in [2.45, 2.75) is 38.3 Å². The first kappa shape index (κ1) is 14.2. The van der Waals surface area contributed by atoms with Crippen LogP contribution in [0.5, 0.6) is 0 Å². The molecule has 5 heteroatoms. The average molecular weight is 300 g/mol. The molecule has 0 amide bonds. The van der Waals surface area contributed by atoms with Crippen LogP contribution in [0.4, 0.5) is 0 Å². The third kappa shape index (κ3) is 2.63. The quantitative estimate of drug-likeness (QED) is 0.867. The minimum absolute atomic E-state index is 0.608. The second kappa shape index (κ2) is 5.97. The van der Waals surface area contributed by atoms with Gasteiger partial charge in [-0.05, 0) is 50.9 Å². The van der Waals surface area contributed by atoms with Crippen molar-refractivity contribution in [2.75, 3.05) is 26.8 Å². The van der Waals surface area contributed by atoms with Crippen LogP contribution in [-0.2, 0) is 17.7 Å². The van der Waals surface area contributed by atoms with E-state index in [-0.39, 0.29) is 0 Å². The number of imidazole rings is 1. The molecule has 0 aromatic carbocycles. The van der Waals surface area contributed by atoms with Gasteiger partial charge in [0.1, 0.15) is 11.3 Å². The van der Waals surface area contributed by atoms with Crippen molar-refractivity contribution in [2.24, 2.45) is 5.92 Å². The predicted octanol–water partition coefficient (Wildman–Crippen LogP) is 2.10. The normalized spacial score (nSPS) is 26.2. The number of rotatable bonds is 4. The molecule has 22 heavy (non-hydrogen) atoms. The Morgan fingerprint density at radius 1 is 1.36 bits per heavy atom. The average Bonchev–Trinajstić information content (AvgIpc) is 3.23. The lowest BCUT2D eigenvalue weighted by Crippen LogP contribution is -2.30. The number of ether oxygens (including phenoxy) is 1. The van der Waals surface area contributed by atoms with Crippen LogP contribution >= 0.6 is 0 Å². The van der Waals surface area contributed by atoms with E-state index in [2.05, 4.69) is 27.6 Å². The van der Waals surface area contributed by atoms with E-state index in [1.165, 1.54) is 25.2 Å². The van der Waals surface area contributed by atoms with Crippen molar-refractivity contribution in [1.82, 2.24) is 19.4 Å². The maximum Gasteiger partial charge on any atom is 0.160 e. The summed E-state index contributed by atoms with van der Waals surface area (Å²) in [6.45, 7) is 3.98. The van der Waals surface area contributed by atoms with Crippen molar-refractivity contribution in [3.8, 4) is 0 Å². The largest absolute Gasteiger partial charge is 0.381 e. The second-order valence-electron chi connectivity index (χ2n) is 6.70. The molecule has 0 radical (unpaired) electrons. The van der Waals surface area contributed by atoms with Gasteiger partial charge >= 0.3 is 0 Å².